The van der Waals surface area contributed by atoms with E-state index in [1.54, 1.807) is 0 Å². The molecule has 2 rings (SSSR count). The first-order chi connectivity index (χ1) is 11.5. The molecule has 1 atom stereocenters. The second-order valence-electron chi connectivity index (χ2n) is 6.47. The second kappa shape index (κ2) is 9.04. The normalized spacial score (nSPS) is 16.7. The minimum Gasteiger partial charge on any atom is -0.335 e. The zero-order chi connectivity index (χ0) is 17.5. The molecular weight excluding hydrogens is 326 g/mol. The summed E-state index contributed by atoms with van der Waals surface area (Å²) in [4.78, 5) is 25.9. The van der Waals surface area contributed by atoms with Crippen molar-refractivity contribution in [1.29, 1.82) is 0 Å². The monoisotopic (exact) mass is 351 g/mol. The molecule has 1 unspecified atom stereocenters. The molecule has 0 aromatic heterocycles. The number of nitrogens with one attached hydrogen (secondary N) is 2. The van der Waals surface area contributed by atoms with Crippen molar-refractivity contribution in [3.63, 3.8) is 0 Å². The van der Waals surface area contributed by atoms with E-state index in [9.17, 15) is 9.59 Å². The van der Waals surface area contributed by atoms with Crippen LogP contribution in [0.2, 0.25) is 5.02 Å². The molecule has 132 valence electrons. The van der Waals surface area contributed by atoms with Crippen LogP contribution in [-0.2, 0) is 4.79 Å². The van der Waals surface area contributed by atoms with Crippen molar-refractivity contribution in [2.45, 2.75) is 51.1 Å². The van der Waals surface area contributed by atoms with Crippen LogP contribution in [-0.4, -0.2) is 36.5 Å². The largest absolute Gasteiger partial charge is 0.335 e. The fourth-order valence-corrected chi connectivity index (χ4v) is 3.34. The SMILES string of the molecule is CC(c1ccccc1Cl)N(C)CC(=O)NC(=O)NC1CCCCC1. The molecule has 0 bridgehead atoms. The Labute approximate surface area is 148 Å². The van der Waals surface area contributed by atoms with E-state index < -0.39 is 6.03 Å². The number of benzene rings is 1. The summed E-state index contributed by atoms with van der Waals surface area (Å²) in [7, 11) is 1.84. The molecule has 6 heteroatoms. The molecule has 1 aliphatic rings. The molecule has 0 aliphatic heterocycles. The third-order valence-corrected chi connectivity index (χ3v) is 4.95. The van der Waals surface area contributed by atoms with Crippen LogP contribution in [0.5, 0.6) is 0 Å². The molecule has 1 aromatic carbocycles. The predicted molar refractivity (Wildman–Crippen MR) is 96.0 cm³/mol. The van der Waals surface area contributed by atoms with Gasteiger partial charge in [0.25, 0.3) is 0 Å². The van der Waals surface area contributed by atoms with E-state index in [-0.39, 0.29) is 24.5 Å². The van der Waals surface area contributed by atoms with Crippen molar-refractivity contribution in [3.8, 4) is 0 Å². The summed E-state index contributed by atoms with van der Waals surface area (Å²) in [6, 6.07) is 7.34. The first-order valence-corrected chi connectivity index (χ1v) is 8.90. The van der Waals surface area contributed by atoms with Crippen LogP contribution in [0.3, 0.4) is 0 Å². The Kier molecular flexibility index (Phi) is 7.06. The van der Waals surface area contributed by atoms with Crippen molar-refractivity contribution in [2.24, 2.45) is 0 Å². The molecule has 1 aliphatic carbocycles. The molecule has 0 radical (unpaired) electrons. The standard InChI is InChI=1S/C18H26ClN3O2/c1-13(15-10-6-7-11-16(15)19)22(2)12-17(23)21-18(24)20-14-8-4-3-5-9-14/h6-7,10-11,13-14H,3-5,8-9,12H2,1-2H3,(H2,20,21,23,24). The average molecular weight is 352 g/mol. The van der Waals surface area contributed by atoms with E-state index in [2.05, 4.69) is 10.6 Å². The fraction of sp³-hybridized carbons (Fsp3) is 0.556. The number of hydrogen-bond acceptors (Lipinski definition) is 3. The third kappa shape index (κ3) is 5.49. The Balaban J connectivity index is 1.80. The maximum atomic E-state index is 12.1. The molecular formula is C18H26ClN3O2. The first kappa shape index (κ1) is 18.7. The highest BCUT2D eigenvalue weighted by molar-refractivity contribution is 6.31. The number of hydrogen-bond donors (Lipinski definition) is 2. The zero-order valence-electron chi connectivity index (χ0n) is 14.3. The van der Waals surface area contributed by atoms with Gasteiger partial charge < -0.3 is 5.32 Å². The number of urea groups is 1. The maximum Gasteiger partial charge on any atom is 0.321 e. The van der Waals surface area contributed by atoms with Crippen LogP contribution < -0.4 is 10.6 Å². The van der Waals surface area contributed by atoms with Gasteiger partial charge in [0.05, 0.1) is 6.54 Å². The lowest BCUT2D eigenvalue weighted by Gasteiger charge is -2.26. The van der Waals surface area contributed by atoms with Gasteiger partial charge >= 0.3 is 6.03 Å². The molecule has 3 amide bonds. The third-order valence-electron chi connectivity index (χ3n) is 4.60. The smallest absolute Gasteiger partial charge is 0.321 e. The summed E-state index contributed by atoms with van der Waals surface area (Å²) in [5, 5.41) is 5.97. The Morgan fingerprint density at radius 3 is 2.58 bits per heavy atom. The Hall–Kier alpha value is -1.59. The summed E-state index contributed by atoms with van der Waals surface area (Å²) < 4.78 is 0. The number of carbonyl (C=O) groups is 2. The lowest BCUT2D eigenvalue weighted by molar-refractivity contribution is -0.121. The average Bonchev–Trinajstić information content (AvgIpc) is 2.55. The van der Waals surface area contributed by atoms with Crippen LogP contribution in [0.1, 0.15) is 50.6 Å². The summed E-state index contributed by atoms with van der Waals surface area (Å²) in [6.07, 6.45) is 5.48. The van der Waals surface area contributed by atoms with E-state index in [0.717, 1.165) is 31.2 Å². The van der Waals surface area contributed by atoms with Gasteiger partial charge in [-0.05, 0) is 38.4 Å². The van der Waals surface area contributed by atoms with Gasteiger partial charge in [-0.3, -0.25) is 15.0 Å². The van der Waals surface area contributed by atoms with Gasteiger partial charge in [0, 0.05) is 17.1 Å². The quantitative estimate of drug-likeness (QED) is 0.853. The second-order valence-corrected chi connectivity index (χ2v) is 6.88. The molecule has 1 fully saturated rings. The van der Waals surface area contributed by atoms with Crippen molar-refractivity contribution < 1.29 is 9.59 Å². The zero-order valence-corrected chi connectivity index (χ0v) is 15.1. The van der Waals surface area contributed by atoms with Gasteiger partial charge in [-0.15, -0.1) is 0 Å². The van der Waals surface area contributed by atoms with E-state index >= 15 is 0 Å². The highest BCUT2D eigenvalue weighted by Crippen LogP contribution is 2.25. The van der Waals surface area contributed by atoms with E-state index in [0.29, 0.717) is 5.02 Å². The Morgan fingerprint density at radius 1 is 1.25 bits per heavy atom. The molecule has 0 heterocycles. The van der Waals surface area contributed by atoms with Gasteiger partial charge in [0.1, 0.15) is 0 Å². The molecule has 5 nitrogen and oxygen atoms in total. The van der Waals surface area contributed by atoms with Crippen molar-refractivity contribution >= 4 is 23.5 Å². The number of amides is 3. The fourth-order valence-electron chi connectivity index (χ4n) is 3.05. The highest BCUT2D eigenvalue weighted by Gasteiger charge is 2.20. The lowest BCUT2D eigenvalue weighted by Crippen LogP contribution is -2.47. The maximum absolute atomic E-state index is 12.1. The van der Waals surface area contributed by atoms with Crippen molar-refractivity contribution in [3.05, 3.63) is 34.9 Å². The van der Waals surface area contributed by atoms with E-state index in [4.69, 9.17) is 11.6 Å². The Bertz CT molecular complexity index is 573. The van der Waals surface area contributed by atoms with Gasteiger partial charge in [0.2, 0.25) is 5.91 Å². The summed E-state index contributed by atoms with van der Waals surface area (Å²) in [6.45, 7) is 2.11. The summed E-state index contributed by atoms with van der Waals surface area (Å²) in [5.41, 5.74) is 0.959. The summed E-state index contributed by atoms with van der Waals surface area (Å²) in [5.74, 6) is -0.315. The molecule has 1 saturated carbocycles. The first-order valence-electron chi connectivity index (χ1n) is 8.52. The number of rotatable bonds is 5. The molecule has 0 saturated heterocycles. The minimum absolute atomic E-state index is 0.0224. The molecule has 2 N–H and O–H groups in total. The number of nitrogens with zero attached hydrogens (tertiary/aromatic N) is 1. The predicted octanol–water partition coefficient (Wildman–Crippen LogP) is 3.49. The number of likely N-dealkylation sites (N-methyl/N-ethyl adjacent to an activating group) is 1. The number of imide groups is 1. The van der Waals surface area contributed by atoms with Crippen LogP contribution in [0.4, 0.5) is 4.79 Å². The van der Waals surface area contributed by atoms with Crippen LogP contribution >= 0.6 is 11.6 Å². The van der Waals surface area contributed by atoms with Crippen LogP contribution in [0.15, 0.2) is 24.3 Å². The highest BCUT2D eigenvalue weighted by atomic mass is 35.5. The molecule has 0 spiro atoms. The van der Waals surface area contributed by atoms with E-state index in [1.807, 2.05) is 43.1 Å². The van der Waals surface area contributed by atoms with E-state index in [1.165, 1.54) is 6.42 Å². The van der Waals surface area contributed by atoms with Crippen molar-refractivity contribution in [2.75, 3.05) is 13.6 Å². The van der Waals surface area contributed by atoms with Gasteiger partial charge in [0.15, 0.2) is 0 Å². The number of carbonyl (C=O) groups excluding carboxylic acids is 2. The van der Waals surface area contributed by atoms with Crippen molar-refractivity contribution in [1.82, 2.24) is 15.5 Å². The topological polar surface area (TPSA) is 61.4 Å². The number of halogens is 1. The van der Waals surface area contributed by atoms with Gasteiger partial charge in [-0.2, -0.15) is 0 Å². The summed E-state index contributed by atoms with van der Waals surface area (Å²) >= 11 is 6.20. The van der Waals surface area contributed by atoms with Gasteiger partial charge in [-0.1, -0.05) is 49.1 Å². The van der Waals surface area contributed by atoms with Crippen LogP contribution in [0, 0.1) is 0 Å². The minimum atomic E-state index is -0.398. The molecule has 24 heavy (non-hydrogen) atoms. The molecule has 1 aromatic rings. The Morgan fingerprint density at radius 2 is 1.92 bits per heavy atom. The van der Waals surface area contributed by atoms with Crippen LogP contribution in [0.25, 0.3) is 0 Å². The van der Waals surface area contributed by atoms with Gasteiger partial charge in [-0.25, -0.2) is 4.79 Å². The lowest BCUT2D eigenvalue weighted by atomic mass is 9.96.